The maximum Gasteiger partial charge on any atom is 0.247 e. The minimum atomic E-state index is -0.558. The highest BCUT2D eigenvalue weighted by Gasteiger charge is 2.28. The fraction of sp³-hybridized carbons (Fsp3) is 0.211. The SMILES string of the molecule is COc1ccc(OC)c([C@H]2Nc3ccc(Br)cc3-c3nnc(SC)nc3O2)c1. The lowest BCUT2D eigenvalue weighted by atomic mass is 10.1. The van der Waals surface area contributed by atoms with Gasteiger partial charge in [0.2, 0.25) is 17.3 Å². The number of methoxy groups -OCH3 is 2. The highest BCUT2D eigenvalue weighted by atomic mass is 79.9. The van der Waals surface area contributed by atoms with E-state index < -0.39 is 6.23 Å². The van der Waals surface area contributed by atoms with Gasteiger partial charge in [0.15, 0.2) is 5.69 Å². The number of hydrogen-bond acceptors (Lipinski definition) is 8. The number of thioether (sulfide) groups is 1. The maximum atomic E-state index is 6.26. The quantitative estimate of drug-likeness (QED) is 0.568. The van der Waals surface area contributed by atoms with Crippen molar-refractivity contribution in [3.63, 3.8) is 0 Å². The Morgan fingerprint density at radius 3 is 2.71 bits per heavy atom. The summed E-state index contributed by atoms with van der Waals surface area (Å²) in [6.45, 7) is 0. The van der Waals surface area contributed by atoms with Crippen LogP contribution in [0, 0.1) is 0 Å². The summed E-state index contributed by atoms with van der Waals surface area (Å²) in [6, 6.07) is 11.4. The van der Waals surface area contributed by atoms with Crippen molar-refractivity contribution in [2.24, 2.45) is 0 Å². The van der Waals surface area contributed by atoms with Crippen LogP contribution >= 0.6 is 27.7 Å². The molecule has 28 heavy (non-hydrogen) atoms. The number of benzene rings is 2. The van der Waals surface area contributed by atoms with Crippen molar-refractivity contribution in [3.8, 4) is 28.6 Å². The van der Waals surface area contributed by atoms with E-state index in [1.165, 1.54) is 11.8 Å². The zero-order valence-corrected chi connectivity index (χ0v) is 17.8. The van der Waals surface area contributed by atoms with Gasteiger partial charge in [-0.25, -0.2) is 0 Å². The largest absolute Gasteiger partial charge is 0.497 e. The van der Waals surface area contributed by atoms with Crippen molar-refractivity contribution in [3.05, 3.63) is 46.4 Å². The molecule has 0 unspecified atom stereocenters. The molecule has 4 rings (SSSR count). The monoisotopic (exact) mass is 460 g/mol. The van der Waals surface area contributed by atoms with Crippen LogP contribution in [0.1, 0.15) is 11.8 Å². The summed E-state index contributed by atoms with van der Waals surface area (Å²) in [5, 5.41) is 12.5. The van der Waals surface area contributed by atoms with Crippen LogP contribution in [0.4, 0.5) is 5.69 Å². The van der Waals surface area contributed by atoms with Gasteiger partial charge in [0.1, 0.15) is 11.5 Å². The van der Waals surface area contributed by atoms with Crippen molar-refractivity contribution in [1.29, 1.82) is 0 Å². The molecule has 0 radical (unpaired) electrons. The number of hydrogen-bond donors (Lipinski definition) is 1. The molecule has 0 aliphatic carbocycles. The summed E-state index contributed by atoms with van der Waals surface area (Å²) in [4.78, 5) is 4.53. The Morgan fingerprint density at radius 2 is 1.96 bits per heavy atom. The molecule has 0 spiro atoms. The third-order valence-electron chi connectivity index (χ3n) is 4.29. The second-order valence-corrected chi connectivity index (χ2v) is 7.58. The minimum Gasteiger partial charge on any atom is -0.497 e. The first-order chi connectivity index (χ1) is 13.6. The summed E-state index contributed by atoms with van der Waals surface area (Å²) in [7, 11) is 3.24. The van der Waals surface area contributed by atoms with Crippen molar-refractivity contribution in [2.75, 3.05) is 25.8 Å². The molecule has 0 saturated heterocycles. The lowest BCUT2D eigenvalue weighted by Gasteiger charge is -2.22. The highest BCUT2D eigenvalue weighted by molar-refractivity contribution is 9.10. The lowest BCUT2D eigenvalue weighted by Crippen LogP contribution is -2.18. The van der Waals surface area contributed by atoms with Crippen molar-refractivity contribution < 1.29 is 14.2 Å². The van der Waals surface area contributed by atoms with Gasteiger partial charge < -0.3 is 19.5 Å². The van der Waals surface area contributed by atoms with Crippen LogP contribution < -0.4 is 19.5 Å². The number of aromatic nitrogens is 3. The van der Waals surface area contributed by atoms with Crippen LogP contribution in [-0.2, 0) is 0 Å². The first-order valence-corrected chi connectivity index (χ1v) is 10.4. The minimum absolute atomic E-state index is 0.401. The van der Waals surface area contributed by atoms with E-state index in [4.69, 9.17) is 14.2 Å². The molecule has 144 valence electrons. The second kappa shape index (κ2) is 7.84. The summed E-state index contributed by atoms with van der Waals surface area (Å²) < 4.78 is 18.1. The molecule has 2 heterocycles. The van der Waals surface area contributed by atoms with E-state index in [0.29, 0.717) is 28.2 Å². The molecular formula is C19H17BrN4O3S. The van der Waals surface area contributed by atoms with E-state index in [-0.39, 0.29) is 0 Å². The fourth-order valence-electron chi connectivity index (χ4n) is 2.94. The van der Waals surface area contributed by atoms with Gasteiger partial charge in [-0.1, -0.05) is 27.7 Å². The lowest BCUT2D eigenvalue weighted by molar-refractivity contribution is 0.219. The van der Waals surface area contributed by atoms with Crippen LogP contribution in [0.5, 0.6) is 17.4 Å². The van der Waals surface area contributed by atoms with Gasteiger partial charge in [0.05, 0.1) is 19.8 Å². The molecule has 3 aromatic rings. The van der Waals surface area contributed by atoms with Crippen molar-refractivity contribution in [2.45, 2.75) is 11.4 Å². The van der Waals surface area contributed by atoms with E-state index in [9.17, 15) is 0 Å². The highest BCUT2D eigenvalue weighted by Crippen LogP contribution is 2.42. The Balaban J connectivity index is 1.89. The van der Waals surface area contributed by atoms with Crippen molar-refractivity contribution >= 4 is 33.4 Å². The zero-order valence-electron chi connectivity index (χ0n) is 15.4. The Kier molecular flexibility index (Phi) is 5.27. The number of nitrogens with one attached hydrogen (secondary N) is 1. The second-order valence-electron chi connectivity index (χ2n) is 5.89. The van der Waals surface area contributed by atoms with Crippen LogP contribution in [0.3, 0.4) is 0 Å². The molecule has 0 amide bonds. The van der Waals surface area contributed by atoms with Crippen LogP contribution in [0.2, 0.25) is 0 Å². The van der Waals surface area contributed by atoms with E-state index in [1.54, 1.807) is 14.2 Å². The number of fused-ring (bicyclic) bond motifs is 3. The fourth-order valence-corrected chi connectivity index (χ4v) is 3.60. The van der Waals surface area contributed by atoms with Gasteiger partial charge in [-0.2, -0.15) is 4.98 Å². The van der Waals surface area contributed by atoms with Gasteiger partial charge in [-0.3, -0.25) is 0 Å². The maximum absolute atomic E-state index is 6.26. The number of anilines is 1. The van der Waals surface area contributed by atoms with E-state index in [0.717, 1.165) is 21.3 Å². The Hall–Kier alpha value is -2.52. The summed E-state index contributed by atoms with van der Waals surface area (Å²) in [5.74, 6) is 1.78. The molecule has 1 aliphatic heterocycles. The molecular weight excluding hydrogens is 444 g/mol. The Labute approximate surface area is 175 Å². The molecule has 1 aromatic heterocycles. The first-order valence-electron chi connectivity index (χ1n) is 8.36. The average Bonchev–Trinajstić information content (AvgIpc) is 2.89. The normalized spacial score (nSPS) is 14.8. The molecule has 7 nitrogen and oxygen atoms in total. The van der Waals surface area contributed by atoms with Crippen molar-refractivity contribution in [1.82, 2.24) is 15.2 Å². The van der Waals surface area contributed by atoms with Gasteiger partial charge >= 0.3 is 0 Å². The van der Waals surface area contributed by atoms with E-state index in [2.05, 4.69) is 36.4 Å². The molecule has 0 saturated carbocycles. The van der Waals surface area contributed by atoms with Gasteiger partial charge in [-0.15, -0.1) is 10.2 Å². The summed E-state index contributed by atoms with van der Waals surface area (Å²) >= 11 is 4.92. The molecule has 9 heteroatoms. The third-order valence-corrected chi connectivity index (χ3v) is 5.32. The molecule has 1 N–H and O–H groups in total. The number of nitrogens with zero attached hydrogens (tertiary/aromatic N) is 3. The van der Waals surface area contributed by atoms with E-state index >= 15 is 0 Å². The topological polar surface area (TPSA) is 78.4 Å². The van der Waals surface area contributed by atoms with Gasteiger partial charge in [-0.05, 0) is 42.7 Å². The number of rotatable bonds is 4. The average molecular weight is 461 g/mol. The van der Waals surface area contributed by atoms with E-state index in [1.807, 2.05) is 42.7 Å². The predicted molar refractivity (Wildman–Crippen MR) is 111 cm³/mol. The van der Waals surface area contributed by atoms with Crippen LogP contribution in [-0.4, -0.2) is 35.7 Å². The van der Waals surface area contributed by atoms with Gasteiger partial charge in [0.25, 0.3) is 0 Å². The Bertz CT molecular complexity index is 1030. The van der Waals surface area contributed by atoms with Crippen LogP contribution in [0.25, 0.3) is 11.3 Å². The van der Waals surface area contributed by atoms with Gasteiger partial charge in [0, 0.05) is 15.7 Å². The summed E-state index contributed by atoms with van der Waals surface area (Å²) in [6.07, 6.45) is 1.34. The molecule has 0 fully saturated rings. The third kappa shape index (κ3) is 3.47. The molecule has 1 atom stereocenters. The zero-order chi connectivity index (χ0) is 19.7. The number of halogens is 1. The number of ether oxygens (including phenoxy) is 3. The van der Waals surface area contributed by atoms with Crippen LogP contribution in [0.15, 0.2) is 46.0 Å². The standard InChI is InChI=1S/C19H17BrN4O3S/c1-25-11-5-7-15(26-2)13(9-11)17-21-14-6-4-10(20)8-12(14)16-18(27-17)22-19(28-3)24-23-16/h4-9,17,21H,1-3H3/t17-/m0/s1. The summed E-state index contributed by atoms with van der Waals surface area (Å²) in [5.41, 5.74) is 3.06. The smallest absolute Gasteiger partial charge is 0.247 e. The molecule has 2 aromatic carbocycles. The first kappa shape index (κ1) is 18.8. The molecule has 0 bridgehead atoms. The molecule has 1 aliphatic rings. The Morgan fingerprint density at radius 1 is 1.11 bits per heavy atom. The predicted octanol–water partition coefficient (Wildman–Crippen LogP) is 4.54.